The van der Waals surface area contributed by atoms with Gasteiger partial charge in [-0.15, -0.1) is 6.58 Å². The van der Waals surface area contributed by atoms with Crippen molar-refractivity contribution < 1.29 is 5.11 Å². The van der Waals surface area contributed by atoms with Crippen LogP contribution in [0.2, 0.25) is 0 Å². The predicted molar refractivity (Wildman–Crippen MR) is 34.2 cm³/mol. The van der Waals surface area contributed by atoms with E-state index in [1.165, 1.54) is 6.08 Å². The number of aliphatic hydroxyl groups is 1. The Bertz CT molecular complexity index is 98.7. The summed E-state index contributed by atoms with van der Waals surface area (Å²) in [6.45, 7) is 5.17. The van der Waals surface area contributed by atoms with Crippen molar-refractivity contribution in [3.63, 3.8) is 0 Å². The smallest absolute Gasteiger partial charge is 0.109 e. The molecular formula is C6H11NO. The van der Waals surface area contributed by atoms with Gasteiger partial charge in [-0.25, -0.2) is 0 Å². The molecule has 0 aromatic rings. The molecule has 0 rings (SSSR count). The molecule has 1 unspecified atom stereocenters. The van der Waals surface area contributed by atoms with Crippen molar-refractivity contribution in [1.82, 2.24) is 0 Å². The van der Waals surface area contributed by atoms with Crippen LogP contribution in [-0.4, -0.2) is 16.9 Å². The summed E-state index contributed by atoms with van der Waals surface area (Å²) in [6.07, 6.45) is 1.21. The molecule has 0 aliphatic heterocycles. The first-order valence-electron chi connectivity index (χ1n) is 2.60. The van der Waals surface area contributed by atoms with Crippen LogP contribution in [0.3, 0.4) is 0 Å². The minimum absolute atomic E-state index is 0.319. The zero-order valence-electron chi connectivity index (χ0n) is 5.02. The van der Waals surface area contributed by atoms with Crippen LogP contribution < -0.4 is 0 Å². The summed E-state index contributed by atoms with van der Waals surface area (Å²) in [5, 5.41) is 15.8. The Labute approximate surface area is 49.4 Å². The summed E-state index contributed by atoms with van der Waals surface area (Å²) in [4.78, 5) is 0. The molecule has 0 bridgehead atoms. The maximum atomic E-state index is 8.78. The van der Waals surface area contributed by atoms with E-state index in [9.17, 15) is 0 Å². The zero-order chi connectivity index (χ0) is 6.57. The van der Waals surface area contributed by atoms with Crippen molar-refractivity contribution in [2.75, 3.05) is 0 Å². The largest absolute Gasteiger partial charge is 0.383 e. The average molecular weight is 113 g/mol. The summed E-state index contributed by atoms with van der Waals surface area (Å²) in [5.41, 5.74) is 0.319. The van der Waals surface area contributed by atoms with Crippen molar-refractivity contribution in [3.8, 4) is 0 Å². The average Bonchev–Trinajstić information content (AvgIpc) is 1.84. The summed E-state index contributed by atoms with van der Waals surface area (Å²) >= 11 is 0. The number of hydrogen-bond donors (Lipinski definition) is 2. The Balaban J connectivity index is 3.62. The molecule has 0 heterocycles. The van der Waals surface area contributed by atoms with Crippen molar-refractivity contribution >= 4 is 5.71 Å². The number of rotatable bonds is 3. The van der Waals surface area contributed by atoms with E-state index in [0.29, 0.717) is 12.1 Å². The van der Waals surface area contributed by atoms with E-state index in [0.717, 1.165) is 0 Å². The van der Waals surface area contributed by atoms with Gasteiger partial charge in [-0.05, 0) is 6.42 Å². The fourth-order valence-corrected chi connectivity index (χ4v) is 0.351. The lowest BCUT2D eigenvalue weighted by molar-refractivity contribution is 0.286. The molecule has 2 nitrogen and oxygen atoms in total. The molecule has 0 aliphatic carbocycles. The van der Waals surface area contributed by atoms with Crippen LogP contribution in [0.25, 0.3) is 0 Å². The summed E-state index contributed by atoms with van der Waals surface area (Å²) < 4.78 is 0. The normalized spacial score (nSPS) is 12.8. The van der Waals surface area contributed by atoms with Crippen molar-refractivity contribution in [2.24, 2.45) is 0 Å². The van der Waals surface area contributed by atoms with Gasteiger partial charge in [0.1, 0.15) is 6.10 Å². The summed E-state index contributed by atoms with van der Waals surface area (Å²) in [6, 6.07) is 0. The molecule has 0 saturated heterocycles. The summed E-state index contributed by atoms with van der Waals surface area (Å²) in [5.74, 6) is 0. The third kappa shape index (κ3) is 1.89. The second-order valence-electron chi connectivity index (χ2n) is 1.56. The zero-order valence-corrected chi connectivity index (χ0v) is 5.02. The monoisotopic (exact) mass is 113 g/mol. The first-order valence-corrected chi connectivity index (χ1v) is 2.60. The third-order valence-electron chi connectivity index (χ3n) is 0.961. The molecule has 0 radical (unpaired) electrons. The van der Waals surface area contributed by atoms with Gasteiger partial charge in [0, 0.05) is 5.71 Å². The van der Waals surface area contributed by atoms with E-state index in [2.05, 4.69) is 6.58 Å². The fourth-order valence-electron chi connectivity index (χ4n) is 0.351. The van der Waals surface area contributed by atoms with E-state index >= 15 is 0 Å². The van der Waals surface area contributed by atoms with Gasteiger partial charge >= 0.3 is 0 Å². The minimum atomic E-state index is -0.736. The highest BCUT2D eigenvalue weighted by molar-refractivity contribution is 5.86. The maximum Gasteiger partial charge on any atom is 0.109 e. The lowest BCUT2D eigenvalue weighted by Crippen LogP contribution is -2.14. The van der Waals surface area contributed by atoms with Gasteiger partial charge in [-0.2, -0.15) is 0 Å². The molecule has 1 atom stereocenters. The second-order valence-corrected chi connectivity index (χ2v) is 1.56. The maximum absolute atomic E-state index is 8.78. The van der Waals surface area contributed by atoms with E-state index < -0.39 is 6.10 Å². The molecule has 0 saturated carbocycles. The van der Waals surface area contributed by atoms with Crippen molar-refractivity contribution in [3.05, 3.63) is 12.7 Å². The molecule has 8 heavy (non-hydrogen) atoms. The van der Waals surface area contributed by atoms with Crippen LogP contribution in [0, 0.1) is 5.41 Å². The van der Waals surface area contributed by atoms with Crippen molar-refractivity contribution in [2.45, 2.75) is 19.4 Å². The van der Waals surface area contributed by atoms with E-state index in [1.807, 2.05) is 6.92 Å². The molecule has 0 spiro atoms. The molecule has 46 valence electrons. The molecule has 0 aliphatic rings. The quantitative estimate of drug-likeness (QED) is 0.415. The Morgan fingerprint density at radius 2 is 2.50 bits per heavy atom. The van der Waals surface area contributed by atoms with Crippen LogP contribution in [0.1, 0.15) is 13.3 Å². The third-order valence-corrected chi connectivity index (χ3v) is 0.961. The fraction of sp³-hybridized carbons (Fsp3) is 0.500. The van der Waals surface area contributed by atoms with E-state index in [1.54, 1.807) is 0 Å². The van der Waals surface area contributed by atoms with Gasteiger partial charge < -0.3 is 10.5 Å². The van der Waals surface area contributed by atoms with Crippen LogP contribution >= 0.6 is 0 Å². The molecular weight excluding hydrogens is 102 g/mol. The highest BCUT2D eigenvalue weighted by atomic mass is 16.3. The highest BCUT2D eigenvalue weighted by Gasteiger charge is 2.00. The van der Waals surface area contributed by atoms with Gasteiger partial charge in [-0.1, -0.05) is 13.0 Å². The second kappa shape index (κ2) is 3.38. The van der Waals surface area contributed by atoms with Crippen LogP contribution in [0.15, 0.2) is 12.7 Å². The minimum Gasteiger partial charge on any atom is -0.383 e. The van der Waals surface area contributed by atoms with Gasteiger partial charge in [0.15, 0.2) is 0 Å². The predicted octanol–water partition coefficient (Wildman–Crippen LogP) is 0.963. The van der Waals surface area contributed by atoms with Crippen LogP contribution in [0.4, 0.5) is 0 Å². The van der Waals surface area contributed by atoms with Gasteiger partial charge in [0.05, 0.1) is 0 Å². The van der Waals surface area contributed by atoms with Gasteiger partial charge in [-0.3, -0.25) is 0 Å². The van der Waals surface area contributed by atoms with Gasteiger partial charge in [0.2, 0.25) is 0 Å². The Kier molecular flexibility index (Phi) is 3.12. The highest BCUT2D eigenvalue weighted by Crippen LogP contribution is 1.90. The number of aliphatic hydroxyl groups excluding tert-OH is 1. The SMILES string of the molecule is C=CC(O)C(=N)CC. The molecule has 0 amide bonds. The first-order chi connectivity index (χ1) is 3.72. The summed E-state index contributed by atoms with van der Waals surface area (Å²) in [7, 11) is 0. The Morgan fingerprint density at radius 3 is 2.62 bits per heavy atom. The van der Waals surface area contributed by atoms with Crippen LogP contribution in [0.5, 0.6) is 0 Å². The molecule has 0 fully saturated rings. The van der Waals surface area contributed by atoms with Crippen molar-refractivity contribution in [1.29, 1.82) is 5.41 Å². The lowest BCUT2D eigenvalue weighted by atomic mass is 10.2. The Hall–Kier alpha value is -0.630. The Morgan fingerprint density at radius 1 is 2.00 bits per heavy atom. The molecule has 0 aromatic carbocycles. The molecule has 2 heteroatoms. The van der Waals surface area contributed by atoms with E-state index in [-0.39, 0.29) is 0 Å². The van der Waals surface area contributed by atoms with Gasteiger partial charge in [0.25, 0.3) is 0 Å². The topological polar surface area (TPSA) is 44.1 Å². The van der Waals surface area contributed by atoms with Crippen LogP contribution in [-0.2, 0) is 0 Å². The van der Waals surface area contributed by atoms with E-state index in [4.69, 9.17) is 10.5 Å². The lowest BCUT2D eigenvalue weighted by Gasteiger charge is -2.01. The standard InChI is InChI=1S/C6H11NO/c1-3-5(7)6(8)4-2/h4,6-8H,2-3H2,1H3. The number of nitrogens with one attached hydrogen (secondary N) is 1. The molecule has 0 aromatic heterocycles. The number of hydrogen-bond acceptors (Lipinski definition) is 2. The molecule has 2 N–H and O–H groups in total. The first kappa shape index (κ1) is 7.37.